The van der Waals surface area contributed by atoms with Gasteiger partial charge in [-0.05, 0) is 39.2 Å². The van der Waals surface area contributed by atoms with Crippen molar-refractivity contribution in [3.05, 3.63) is 29.3 Å². The first-order valence-electron chi connectivity index (χ1n) is 9.59. The number of carbonyl (C=O) groups is 3. The van der Waals surface area contributed by atoms with Gasteiger partial charge in [-0.25, -0.2) is 0 Å². The van der Waals surface area contributed by atoms with Gasteiger partial charge in [-0.15, -0.1) is 0 Å². The highest BCUT2D eigenvalue weighted by atomic mass is 16.2. The molecule has 144 valence electrons. The molecule has 4 rings (SSSR count). The van der Waals surface area contributed by atoms with Gasteiger partial charge < -0.3 is 5.32 Å². The van der Waals surface area contributed by atoms with E-state index in [1.54, 1.807) is 0 Å². The first kappa shape index (κ1) is 18.2. The van der Waals surface area contributed by atoms with Gasteiger partial charge in [-0.1, -0.05) is 32.0 Å². The first-order valence-corrected chi connectivity index (χ1v) is 9.59. The molecule has 6 nitrogen and oxygen atoms in total. The fraction of sp³-hybridized carbons (Fsp3) is 0.571. The van der Waals surface area contributed by atoms with Crippen molar-refractivity contribution in [3.63, 3.8) is 0 Å². The summed E-state index contributed by atoms with van der Waals surface area (Å²) in [5, 5.41) is 6.43. The van der Waals surface area contributed by atoms with E-state index in [-0.39, 0.29) is 29.7 Å². The third-order valence-corrected chi connectivity index (χ3v) is 6.28. The Morgan fingerprint density at radius 1 is 1.11 bits per heavy atom. The molecule has 6 heteroatoms. The van der Waals surface area contributed by atoms with Gasteiger partial charge in [-0.2, -0.15) is 0 Å². The lowest BCUT2D eigenvalue weighted by Gasteiger charge is -2.35. The maximum Gasteiger partial charge on any atom is 0.250 e. The third kappa shape index (κ3) is 2.13. The molecule has 4 unspecified atom stereocenters. The van der Waals surface area contributed by atoms with Crippen LogP contribution in [0.3, 0.4) is 0 Å². The van der Waals surface area contributed by atoms with Crippen LogP contribution >= 0.6 is 0 Å². The molecule has 3 amide bonds. The summed E-state index contributed by atoms with van der Waals surface area (Å²) in [5.41, 5.74) is 0.683. The van der Waals surface area contributed by atoms with Gasteiger partial charge in [0.05, 0.1) is 11.8 Å². The number of anilines is 1. The van der Waals surface area contributed by atoms with Crippen LogP contribution in [-0.2, 0) is 19.9 Å². The number of amides is 3. The van der Waals surface area contributed by atoms with E-state index in [1.807, 2.05) is 59.7 Å². The third-order valence-electron chi connectivity index (χ3n) is 6.28. The van der Waals surface area contributed by atoms with E-state index in [1.165, 1.54) is 4.90 Å². The first-order chi connectivity index (χ1) is 12.5. The standard InChI is InChI=1S/C21H27N3O3/c1-10(2)15-13-14(18(26)24(17(13)25)20(4,5)6)21(23-15)12-9-7-8-11(3)16(12)22-19(21)27/h7-10,13-15,23H,1-6H3,(H,22,27). The Morgan fingerprint density at radius 2 is 1.78 bits per heavy atom. The quantitative estimate of drug-likeness (QED) is 0.744. The molecule has 1 aromatic carbocycles. The number of carbonyl (C=O) groups excluding carboxylic acids is 3. The normalized spacial score (nSPS) is 32.5. The number of aryl methyl sites for hydroxylation is 1. The number of para-hydroxylation sites is 1. The van der Waals surface area contributed by atoms with Gasteiger partial charge >= 0.3 is 0 Å². The van der Waals surface area contributed by atoms with E-state index in [4.69, 9.17) is 0 Å². The summed E-state index contributed by atoms with van der Waals surface area (Å²) in [5.74, 6) is -1.81. The molecule has 2 N–H and O–H groups in total. The Morgan fingerprint density at radius 3 is 2.37 bits per heavy atom. The predicted octanol–water partition coefficient (Wildman–Crippen LogP) is 2.17. The van der Waals surface area contributed by atoms with E-state index >= 15 is 0 Å². The smallest absolute Gasteiger partial charge is 0.250 e. The molecule has 0 saturated carbocycles. The van der Waals surface area contributed by atoms with E-state index in [0.29, 0.717) is 0 Å². The summed E-state index contributed by atoms with van der Waals surface area (Å²) in [7, 11) is 0. The molecule has 27 heavy (non-hydrogen) atoms. The largest absolute Gasteiger partial charge is 0.324 e. The second-order valence-corrected chi connectivity index (χ2v) is 9.36. The SMILES string of the molecule is Cc1cccc2c1NC(=O)C21NC(C(C)C)C2C(=O)N(C(C)(C)C)C(=O)C21. The van der Waals surface area contributed by atoms with Gasteiger partial charge in [0.15, 0.2) is 0 Å². The fourth-order valence-corrected chi connectivity index (χ4v) is 5.14. The zero-order chi connectivity index (χ0) is 19.9. The van der Waals surface area contributed by atoms with E-state index in [9.17, 15) is 14.4 Å². The number of fused-ring (bicyclic) bond motifs is 4. The summed E-state index contributed by atoms with van der Waals surface area (Å²) in [4.78, 5) is 41.5. The van der Waals surface area contributed by atoms with Crippen molar-refractivity contribution >= 4 is 23.4 Å². The second-order valence-electron chi connectivity index (χ2n) is 9.36. The molecule has 0 aliphatic carbocycles. The molecule has 3 aliphatic rings. The van der Waals surface area contributed by atoms with Crippen LogP contribution in [-0.4, -0.2) is 34.2 Å². The van der Waals surface area contributed by atoms with Crippen molar-refractivity contribution in [2.24, 2.45) is 17.8 Å². The minimum Gasteiger partial charge on any atom is -0.324 e. The lowest BCUT2D eigenvalue weighted by atomic mass is 9.75. The molecular weight excluding hydrogens is 342 g/mol. The Bertz CT molecular complexity index is 870. The summed E-state index contributed by atoms with van der Waals surface area (Å²) >= 11 is 0. The second kappa shape index (κ2) is 5.41. The molecule has 1 spiro atoms. The molecule has 0 aromatic heterocycles. The Balaban J connectivity index is 1.95. The van der Waals surface area contributed by atoms with Gasteiger partial charge in [0, 0.05) is 22.8 Å². The van der Waals surface area contributed by atoms with Gasteiger partial charge in [0.25, 0.3) is 0 Å². The topological polar surface area (TPSA) is 78.5 Å². The maximum absolute atomic E-state index is 13.5. The lowest BCUT2D eigenvalue weighted by Crippen LogP contribution is -2.56. The summed E-state index contributed by atoms with van der Waals surface area (Å²) in [6, 6.07) is 5.49. The van der Waals surface area contributed by atoms with Crippen LogP contribution in [0.25, 0.3) is 0 Å². The molecule has 2 fully saturated rings. The Kier molecular flexibility index (Phi) is 3.64. The van der Waals surface area contributed by atoms with E-state index < -0.39 is 22.9 Å². The van der Waals surface area contributed by atoms with Crippen molar-refractivity contribution < 1.29 is 14.4 Å². The minimum absolute atomic E-state index is 0.107. The van der Waals surface area contributed by atoms with Crippen LogP contribution in [0, 0.1) is 24.7 Å². The maximum atomic E-state index is 13.5. The number of hydrogen-bond donors (Lipinski definition) is 2. The highest BCUT2D eigenvalue weighted by Crippen LogP contribution is 2.55. The van der Waals surface area contributed by atoms with Crippen LogP contribution < -0.4 is 10.6 Å². The molecule has 0 bridgehead atoms. The van der Waals surface area contributed by atoms with E-state index in [2.05, 4.69) is 10.6 Å². The number of nitrogens with one attached hydrogen (secondary N) is 2. The highest BCUT2D eigenvalue weighted by Gasteiger charge is 2.71. The molecule has 1 aromatic rings. The summed E-state index contributed by atoms with van der Waals surface area (Å²) in [6.07, 6.45) is 0. The fourth-order valence-electron chi connectivity index (χ4n) is 5.14. The molecular formula is C21H27N3O3. The molecule has 4 atom stereocenters. The van der Waals surface area contributed by atoms with Gasteiger partial charge in [0.1, 0.15) is 5.54 Å². The van der Waals surface area contributed by atoms with Crippen LogP contribution in [0.1, 0.15) is 45.7 Å². The van der Waals surface area contributed by atoms with Crippen molar-refractivity contribution in [2.75, 3.05) is 5.32 Å². The highest BCUT2D eigenvalue weighted by molar-refractivity contribution is 6.15. The van der Waals surface area contributed by atoms with Crippen LogP contribution in [0.2, 0.25) is 0 Å². The van der Waals surface area contributed by atoms with Crippen LogP contribution in [0.5, 0.6) is 0 Å². The van der Waals surface area contributed by atoms with Crippen LogP contribution in [0.15, 0.2) is 18.2 Å². The van der Waals surface area contributed by atoms with Crippen molar-refractivity contribution in [3.8, 4) is 0 Å². The Hall–Kier alpha value is -2.21. The van der Waals surface area contributed by atoms with Gasteiger partial charge in [-0.3, -0.25) is 24.6 Å². The number of benzene rings is 1. The average Bonchev–Trinajstić information content (AvgIpc) is 3.13. The molecule has 3 heterocycles. The van der Waals surface area contributed by atoms with Crippen LogP contribution in [0.4, 0.5) is 5.69 Å². The van der Waals surface area contributed by atoms with Crippen molar-refractivity contribution in [1.82, 2.24) is 10.2 Å². The summed E-state index contributed by atoms with van der Waals surface area (Å²) < 4.78 is 0. The number of nitrogens with zero attached hydrogens (tertiary/aromatic N) is 1. The number of imide groups is 1. The molecule has 0 radical (unpaired) electrons. The zero-order valence-corrected chi connectivity index (χ0v) is 16.7. The predicted molar refractivity (Wildman–Crippen MR) is 102 cm³/mol. The number of likely N-dealkylation sites (tertiary alicyclic amines) is 1. The average molecular weight is 369 g/mol. The monoisotopic (exact) mass is 369 g/mol. The molecule has 2 saturated heterocycles. The zero-order valence-electron chi connectivity index (χ0n) is 16.7. The lowest BCUT2D eigenvalue weighted by molar-refractivity contribution is -0.148. The van der Waals surface area contributed by atoms with Crippen molar-refractivity contribution in [2.45, 2.75) is 58.7 Å². The van der Waals surface area contributed by atoms with Crippen molar-refractivity contribution in [1.29, 1.82) is 0 Å². The minimum atomic E-state index is -1.19. The Labute approximate surface area is 159 Å². The summed E-state index contributed by atoms with van der Waals surface area (Å²) in [6.45, 7) is 11.6. The van der Waals surface area contributed by atoms with E-state index in [0.717, 1.165) is 16.8 Å². The number of hydrogen-bond acceptors (Lipinski definition) is 4. The van der Waals surface area contributed by atoms with Gasteiger partial charge in [0.2, 0.25) is 17.7 Å². The number of rotatable bonds is 1. The molecule has 3 aliphatic heterocycles.